The fourth-order valence-electron chi connectivity index (χ4n) is 1.70. The first-order chi connectivity index (χ1) is 8.45. The van der Waals surface area contributed by atoms with Gasteiger partial charge in [-0.1, -0.05) is 0 Å². The fraction of sp³-hybridized carbons (Fsp3) is 0.833. The van der Waals surface area contributed by atoms with Gasteiger partial charge in [0.05, 0.1) is 31.7 Å². The molecule has 0 saturated carbocycles. The Morgan fingerprint density at radius 1 is 1.47 bits per heavy atom. The second-order valence-electron chi connectivity index (χ2n) is 5.05. The van der Waals surface area contributed by atoms with Gasteiger partial charge < -0.3 is 20.1 Å². The van der Waals surface area contributed by atoms with E-state index < -0.39 is 5.41 Å². The Morgan fingerprint density at radius 2 is 2.16 bits per heavy atom. The van der Waals surface area contributed by atoms with Crippen LogP contribution < -0.4 is 10.6 Å². The van der Waals surface area contributed by atoms with Crippen LogP contribution in [0.3, 0.4) is 0 Å². The minimum atomic E-state index is -0.712. The van der Waals surface area contributed by atoms with Crippen molar-refractivity contribution in [2.75, 3.05) is 33.4 Å². The molecule has 1 amide bonds. The van der Waals surface area contributed by atoms with E-state index in [2.05, 4.69) is 15.4 Å². The van der Waals surface area contributed by atoms with E-state index in [-0.39, 0.29) is 36.9 Å². The van der Waals surface area contributed by atoms with Crippen LogP contribution in [0, 0.1) is 5.41 Å². The second-order valence-corrected chi connectivity index (χ2v) is 5.05. The molecule has 1 aliphatic rings. The van der Waals surface area contributed by atoms with Gasteiger partial charge in [-0.15, -0.1) is 12.4 Å². The maximum atomic E-state index is 11.7. The van der Waals surface area contributed by atoms with Gasteiger partial charge in [-0.25, -0.2) is 0 Å². The number of hydrogen-bond donors (Lipinski definition) is 2. The Kier molecular flexibility index (Phi) is 7.97. The van der Waals surface area contributed by atoms with E-state index >= 15 is 0 Å². The summed E-state index contributed by atoms with van der Waals surface area (Å²) in [5, 5.41) is 5.90. The van der Waals surface area contributed by atoms with Crippen molar-refractivity contribution in [2.24, 2.45) is 5.41 Å². The second kappa shape index (κ2) is 8.35. The van der Waals surface area contributed by atoms with Crippen LogP contribution in [0.1, 0.15) is 20.3 Å². The van der Waals surface area contributed by atoms with E-state index in [1.165, 1.54) is 7.11 Å². The Balaban J connectivity index is 0.00000324. The van der Waals surface area contributed by atoms with Crippen molar-refractivity contribution in [3.8, 4) is 0 Å². The lowest BCUT2D eigenvalue weighted by Gasteiger charge is -2.25. The summed E-state index contributed by atoms with van der Waals surface area (Å²) in [5.74, 6) is -0.445. The molecular weight excluding hydrogens is 272 g/mol. The van der Waals surface area contributed by atoms with Crippen LogP contribution >= 0.6 is 12.4 Å². The fourth-order valence-corrected chi connectivity index (χ4v) is 1.70. The molecule has 6 nitrogen and oxygen atoms in total. The zero-order valence-corrected chi connectivity index (χ0v) is 12.5. The minimum Gasteiger partial charge on any atom is -0.469 e. The third-order valence-corrected chi connectivity index (χ3v) is 2.88. The third kappa shape index (κ3) is 6.22. The molecule has 0 aromatic carbocycles. The molecule has 1 unspecified atom stereocenters. The number of nitrogens with one attached hydrogen (secondary N) is 2. The van der Waals surface area contributed by atoms with Crippen molar-refractivity contribution >= 4 is 24.3 Å². The van der Waals surface area contributed by atoms with E-state index in [1.54, 1.807) is 13.8 Å². The van der Waals surface area contributed by atoms with Crippen LogP contribution in [0.15, 0.2) is 0 Å². The summed E-state index contributed by atoms with van der Waals surface area (Å²) < 4.78 is 10.1. The summed E-state index contributed by atoms with van der Waals surface area (Å²) in [6.07, 6.45) is 0.226. The maximum absolute atomic E-state index is 11.7. The lowest BCUT2D eigenvalue weighted by molar-refractivity contribution is -0.150. The molecule has 1 rings (SSSR count). The van der Waals surface area contributed by atoms with Gasteiger partial charge in [-0.3, -0.25) is 9.59 Å². The largest absolute Gasteiger partial charge is 0.469 e. The topological polar surface area (TPSA) is 76.7 Å². The lowest BCUT2D eigenvalue weighted by Crippen LogP contribution is -2.44. The molecule has 0 radical (unpaired) electrons. The highest BCUT2D eigenvalue weighted by Crippen LogP contribution is 2.15. The average molecular weight is 295 g/mol. The lowest BCUT2D eigenvalue weighted by atomic mass is 9.93. The molecular formula is C12H23ClN2O4. The van der Waals surface area contributed by atoms with E-state index in [4.69, 9.17) is 4.74 Å². The highest BCUT2D eigenvalue weighted by atomic mass is 35.5. The molecule has 1 aliphatic heterocycles. The summed E-state index contributed by atoms with van der Waals surface area (Å²) in [7, 11) is 1.34. The summed E-state index contributed by atoms with van der Waals surface area (Å²) in [6, 6.07) is 0. The van der Waals surface area contributed by atoms with Crippen molar-refractivity contribution in [3.63, 3.8) is 0 Å². The van der Waals surface area contributed by atoms with Crippen molar-refractivity contribution in [1.29, 1.82) is 0 Å². The predicted molar refractivity (Wildman–Crippen MR) is 73.3 cm³/mol. The quantitative estimate of drug-likeness (QED) is 0.704. The number of esters is 1. The normalized spacial score (nSPS) is 19.2. The van der Waals surface area contributed by atoms with Gasteiger partial charge in [0.1, 0.15) is 0 Å². The van der Waals surface area contributed by atoms with Gasteiger partial charge in [0.25, 0.3) is 0 Å². The number of rotatable bonds is 5. The highest BCUT2D eigenvalue weighted by molar-refractivity contribution is 5.85. The number of halogens is 1. The molecule has 0 aromatic rings. The minimum absolute atomic E-state index is 0. The zero-order valence-electron chi connectivity index (χ0n) is 11.7. The molecule has 19 heavy (non-hydrogen) atoms. The highest BCUT2D eigenvalue weighted by Gasteiger charge is 2.29. The van der Waals surface area contributed by atoms with Gasteiger partial charge in [0.15, 0.2) is 0 Å². The third-order valence-electron chi connectivity index (χ3n) is 2.88. The van der Waals surface area contributed by atoms with Crippen LogP contribution in [-0.4, -0.2) is 51.3 Å². The Hall–Kier alpha value is -0.850. The molecule has 1 fully saturated rings. The molecule has 0 bridgehead atoms. The van der Waals surface area contributed by atoms with Crippen LogP contribution in [0.25, 0.3) is 0 Å². The van der Waals surface area contributed by atoms with Gasteiger partial charge >= 0.3 is 5.97 Å². The average Bonchev–Trinajstić information content (AvgIpc) is 2.36. The number of carbonyl (C=O) groups is 2. The van der Waals surface area contributed by atoms with Gasteiger partial charge in [0, 0.05) is 19.6 Å². The molecule has 7 heteroatoms. The Bertz CT molecular complexity index is 304. The molecule has 2 N–H and O–H groups in total. The Morgan fingerprint density at radius 3 is 2.68 bits per heavy atom. The molecule has 1 saturated heterocycles. The van der Waals surface area contributed by atoms with Crippen LogP contribution in [0.4, 0.5) is 0 Å². The smallest absolute Gasteiger partial charge is 0.313 e. The summed E-state index contributed by atoms with van der Waals surface area (Å²) in [5.41, 5.74) is -0.712. The maximum Gasteiger partial charge on any atom is 0.313 e. The summed E-state index contributed by atoms with van der Waals surface area (Å²) >= 11 is 0. The monoisotopic (exact) mass is 294 g/mol. The number of ether oxygens (including phenoxy) is 2. The van der Waals surface area contributed by atoms with Gasteiger partial charge in [-0.05, 0) is 13.8 Å². The molecule has 1 heterocycles. The van der Waals surface area contributed by atoms with Crippen LogP contribution in [0.2, 0.25) is 0 Å². The number of methoxy groups -OCH3 is 1. The molecule has 0 aromatic heterocycles. The van der Waals surface area contributed by atoms with Crippen molar-refractivity contribution in [2.45, 2.75) is 26.4 Å². The predicted octanol–water partition coefficient (Wildman–Crippen LogP) is 0.102. The Labute approximate surface area is 120 Å². The van der Waals surface area contributed by atoms with Crippen molar-refractivity contribution in [3.05, 3.63) is 0 Å². The summed E-state index contributed by atoms with van der Waals surface area (Å²) in [4.78, 5) is 23.1. The van der Waals surface area contributed by atoms with E-state index in [9.17, 15) is 9.59 Å². The molecule has 1 atom stereocenters. The van der Waals surface area contributed by atoms with Crippen LogP contribution in [0.5, 0.6) is 0 Å². The number of carbonyl (C=O) groups excluding carboxylic acids is 2. The first kappa shape index (κ1) is 18.1. The molecule has 0 aliphatic carbocycles. The first-order valence-electron chi connectivity index (χ1n) is 6.13. The number of morpholine rings is 1. The van der Waals surface area contributed by atoms with E-state index in [0.717, 1.165) is 6.54 Å². The van der Waals surface area contributed by atoms with Crippen molar-refractivity contribution in [1.82, 2.24) is 10.6 Å². The van der Waals surface area contributed by atoms with Crippen LogP contribution in [-0.2, 0) is 19.1 Å². The summed E-state index contributed by atoms with van der Waals surface area (Å²) in [6.45, 7) is 5.88. The molecule has 112 valence electrons. The van der Waals surface area contributed by atoms with Crippen molar-refractivity contribution < 1.29 is 19.1 Å². The van der Waals surface area contributed by atoms with Gasteiger partial charge in [0.2, 0.25) is 5.91 Å². The zero-order chi connectivity index (χ0) is 13.6. The van der Waals surface area contributed by atoms with Gasteiger partial charge in [-0.2, -0.15) is 0 Å². The molecule has 0 spiro atoms. The number of amides is 1. The standard InChI is InChI=1S/C12H22N2O4.ClH/c1-12(2,11(16)17-3)8-14-10(15)6-9-7-13-4-5-18-9;/h9,13H,4-8H2,1-3H3,(H,14,15);1H. The van der Waals surface area contributed by atoms with E-state index in [0.29, 0.717) is 19.6 Å². The van der Waals surface area contributed by atoms with E-state index in [1.807, 2.05) is 0 Å². The number of hydrogen-bond acceptors (Lipinski definition) is 5. The first-order valence-corrected chi connectivity index (χ1v) is 6.13. The SMILES string of the molecule is COC(=O)C(C)(C)CNC(=O)CC1CNCCO1.Cl.